The summed E-state index contributed by atoms with van der Waals surface area (Å²) in [5.74, 6) is 0.413. The molecule has 1 heterocycles. The predicted octanol–water partition coefficient (Wildman–Crippen LogP) is 2.55. The van der Waals surface area contributed by atoms with Gasteiger partial charge >= 0.3 is 5.97 Å². The van der Waals surface area contributed by atoms with Crippen molar-refractivity contribution in [2.45, 2.75) is 13.3 Å². The normalized spacial score (nSPS) is 10.5. The van der Waals surface area contributed by atoms with Gasteiger partial charge in [-0.25, -0.2) is 0 Å². The average Bonchev–Trinajstić information content (AvgIpc) is 2.74. The minimum absolute atomic E-state index is 0.207. The van der Waals surface area contributed by atoms with Gasteiger partial charge in [0, 0.05) is 10.9 Å². The molecule has 17 heavy (non-hydrogen) atoms. The summed E-state index contributed by atoms with van der Waals surface area (Å²) < 4.78 is 15.5. The van der Waals surface area contributed by atoms with E-state index in [4.69, 9.17) is 9.15 Å². The number of ether oxygens (including phenoxy) is 2. The largest absolute Gasteiger partial charge is 0.490 e. The van der Waals surface area contributed by atoms with Gasteiger partial charge in [0.25, 0.3) is 0 Å². The molecule has 0 saturated heterocycles. The van der Waals surface area contributed by atoms with E-state index in [1.165, 1.54) is 7.11 Å². The van der Waals surface area contributed by atoms with E-state index in [1.54, 1.807) is 6.26 Å². The van der Waals surface area contributed by atoms with Gasteiger partial charge in [-0.2, -0.15) is 0 Å². The molecule has 0 unspecified atom stereocenters. The lowest BCUT2D eigenvalue weighted by Gasteiger charge is -2.02. The summed E-state index contributed by atoms with van der Waals surface area (Å²) in [4.78, 5) is 11.2. The van der Waals surface area contributed by atoms with Gasteiger partial charge in [0.1, 0.15) is 0 Å². The maximum absolute atomic E-state index is 11.2. The molecule has 0 aliphatic heterocycles. The van der Waals surface area contributed by atoms with Crippen LogP contribution in [0.4, 0.5) is 0 Å². The van der Waals surface area contributed by atoms with Gasteiger partial charge in [-0.05, 0) is 13.0 Å². The molecule has 0 radical (unpaired) electrons. The quantitative estimate of drug-likeness (QED) is 0.763. The second-order valence-electron chi connectivity index (χ2n) is 3.58. The number of fused-ring (bicyclic) bond motifs is 1. The van der Waals surface area contributed by atoms with Gasteiger partial charge in [-0.15, -0.1) is 0 Å². The number of rotatable bonds is 4. The second-order valence-corrected chi connectivity index (χ2v) is 3.58. The summed E-state index contributed by atoms with van der Waals surface area (Å²) in [6.07, 6.45) is 1.78. The van der Waals surface area contributed by atoms with Gasteiger partial charge in [0.05, 0.1) is 26.4 Å². The van der Waals surface area contributed by atoms with E-state index < -0.39 is 0 Å². The number of hydrogen-bond donors (Lipinski definition) is 0. The Morgan fingerprint density at radius 2 is 2.24 bits per heavy atom. The van der Waals surface area contributed by atoms with Crippen LogP contribution in [0, 0.1) is 0 Å². The van der Waals surface area contributed by atoms with Gasteiger partial charge in [-0.1, -0.05) is 12.1 Å². The van der Waals surface area contributed by atoms with Crippen LogP contribution in [0.2, 0.25) is 0 Å². The molecule has 1 aromatic carbocycles. The van der Waals surface area contributed by atoms with Crippen molar-refractivity contribution < 1.29 is 18.7 Å². The zero-order valence-corrected chi connectivity index (χ0v) is 9.86. The summed E-state index contributed by atoms with van der Waals surface area (Å²) in [6, 6.07) is 5.63. The third-order valence-corrected chi connectivity index (χ3v) is 2.51. The van der Waals surface area contributed by atoms with E-state index in [9.17, 15) is 4.79 Å². The molecule has 1 aromatic heterocycles. The molecule has 0 amide bonds. The molecule has 0 saturated carbocycles. The van der Waals surface area contributed by atoms with Crippen molar-refractivity contribution in [2.24, 2.45) is 0 Å². The second kappa shape index (κ2) is 4.91. The fourth-order valence-corrected chi connectivity index (χ4v) is 1.72. The first-order chi connectivity index (χ1) is 8.26. The first-order valence-corrected chi connectivity index (χ1v) is 5.45. The monoisotopic (exact) mass is 234 g/mol. The van der Waals surface area contributed by atoms with Crippen molar-refractivity contribution in [3.63, 3.8) is 0 Å². The lowest BCUT2D eigenvalue weighted by molar-refractivity contribution is -0.139. The lowest BCUT2D eigenvalue weighted by atomic mass is 10.1. The molecule has 0 spiro atoms. The molecule has 0 aliphatic rings. The van der Waals surface area contributed by atoms with Crippen LogP contribution in [0.1, 0.15) is 12.5 Å². The smallest absolute Gasteiger partial charge is 0.310 e. The lowest BCUT2D eigenvalue weighted by Crippen LogP contribution is -2.03. The summed E-state index contributed by atoms with van der Waals surface area (Å²) in [5, 5.41) is 0.890. The number of carbonyl (C=O) groups excluding carboxylic acids is 1. The zero-order valence-electron chi connectivity index (χ0n) is 9.86. The number of carbonyl (C=O) groups is 1. The third kappa shape index (κ3) is 2.25. The molecule has 0 aliphatic carbocycles. The molecule has 2 rings (SSSR count). The molecule has 2 aromatic rings. The van der Waals surface area contributed by atoms with Crippen molar-refractivity contribution in [3.8, 4) is 5.75 Å². The third-order valence-electron chi connectivity index (χ3n) is 2.51. The maximum atomic E-state index is 11.2. The molecule has 0 fully saturated rings. The van der Waals surface area contributed by atoms with Crippen molar-refractivity contribution >= 4 is 16.9 Å². The van der Waals surface area contributed by atoms with E-state index >= 15 is 0 Å². The number of para-hydroxylation sites is 1. The molecule has 0 N–H and O–H groups in total. The van der Waals surface area contributed by atoms with Crippen molar-refractivity contribution in [1.82, 2.24) is 0 Å². The number of hydrogen-bond acceptors (Lipinski definition) is 4. The zero-order chi connectivity index (χ0) is 12.3. The number of furan rings is 1. The molecule has 0 atom stereocenters. The number of methoxy groups -OCH3 is 1. The minimum atomic E-state index is -0.283. The summed E-state index contributed by atoms with van der Waals surface area (Å²) >= 11 is 0. The molecular formula is C13H14O4. The fourth-order valence-electron chi connectivity index (χ4n) is 1.72. The highest BCUT2D eigenvalue weighted by atomic mass is 16.5. The van der Waals surface area contributed by atoms with E-state index in [-0.39, 0.29) is 12.4 Å². The van der Waals surface area contributed by atoms with Crippen LogP contribution < -0.4 is 4.74 Å². The first kappa shape index (κ1) is 11.5. The molecule has 90 valence electrons. The summed E-state index contributed by atoms with van der Waals surface area (Å²) in [7, 11) is 1.37. The van der Waals surface area contributed by atoms with Crippen LogP contribution in [0.3, 0.4) is 0 Å². The Hall–Kier alpha value is -1.97. The molecule has 0 bridgehead atoms. The Bertz CT molecular complexity index is 527. The Kier molecular flexibility index (Phi) is 3.32. The van der Waals surface area contributed by atoms with Gasteiger partial charge in [0.15, 0.2) is 11.3 Å². The van der Waals surface area contributed by atoms with E-state index in [0.29, 0.717) is 17.9 Å². The Labute approximate surface area is 99.1 Å². The van der Waals surface area contributed by atoms with Crippen LogP contribution in [0.15, 0.2) is 28.9 Å². The van der Waals surface area contributed by atoms with E-state index in [1.807, 2.05) is 25.1 Å². The highest BCUT2D eigenvalue weighted by Gasteiger charge is 2.13. The Balaban J connectivity index is 2.40. The number of esters is 1. The number of benzene rings is 1. The van der Waals surface area contributed by atoms with Crippen LogP contribution in [-0.2, 0) is 16.0 Å². The van der Waals surface area contributed by atoms with Crippen LogP contribution in [-0.4, -0.2) is 19.7 Å². The maximum Gasteiger partial charge on any atom is 0.310 e. The van der Waals surface area contributed by atoms with Crippen LogP contribution in [0.5, 0.6) is 5.75 Å². The standard InChI is InChI=1S/C13H14O4/c1-3-16-11-6-4-5-10-9(7-12(14)15-2)8-17-13(10)11/h4-6,8H,3,7H2,1-2H3. The first-order valence-electron chi connectivity index (χ1n) is 5.45. The van der Waals surface area contributed by atoms with Crippen molar-refractivity contribution in [1.29, 1.82) is 0 Å². The summed E-state index contributed by atoms with van der Waals surface area (Å²) in [5.41, 5.74) is 1.49. The fraction of sp³-hybridized carbons (Fsp3) is 0.308. The molecule has 4 nitrogen and oxygen atoms in total. The highest BCUT2D eigenvalue weighted by Crippen LogP contribution is 2.30. The Morgan fingerprint density at radius 3 is 2.94 bits per heavy atom. The Morgan fingerprint density at radius 1 is 1.41 bits per heavy atom. The van der Waals surface area contributed by atoms with E-state index in [0.717, 1.165) is 10.9 Å². The average molecular weight is 234 g/mol. The van der Waals surface area contributed by atoms with Gasteiger partial charge in [0.2, 0.25) is 0 Å². The minimum Gasteiger partial charge on any atom is -0.490 e. The van der Waals surface area contributed by atoms with Crippen LogP contribution >= 0.6 is 0 Å². The van der Waals surface area contributed by atoms with Crippen molar-refractivity contribution in [3.05, 3.63) is 30.0 Å². The predicted molar refractivity (Wildman–Crippen MR) is 63.1 cm³/mol. The van der Waals surface area contributed by atoms with Gasteiger partial charge in [-0.3, -0.25) is 4.79 Å². The SMILES string of the molecule is CCOc1cccc2c(CC(=O)OC)coc12. The van der Waals surface area contributed by atoms with Crippen LogP contribution in [0.25, 0.3) is 11.0 Å². The molecule has 4 heteroatoms. The molecular weight excluding hydrogens is 220 g/mol. The van der Waals surface area contributed by atoms with Crippen molar-refractivity contribution in [2.75, 3.05) is 13.7 Å². The summed E-state index contributed by atoms with van der Waals surface area (Å²) in [6.45, 7) is 2.49. The highest BCUT2D eigenvalue weighted by molar-refractivity contribution is 5.89. The van der Waals surface area contributed by atoms with Gasteiger partial charge < -0.3 is 13.9 Å². The topological polar surface area (TPSA) is 48.7 Å². The van der Waals surface area contributed by atoms with E-state index in [2.05, 4.69) is 4.74 Å².